The molecule has 4 rings (SSSR count). The fourth-order valence-electron chi connectivity index (χ4n) is 4.18. The van der Waals surface area contributed by atoms with Crippen molar-refractivity contribution in [3.05, 3.63) is 120 Å². The zero-order valence-corrected chi connectivity index (χ0v) is 27.4. The van der Waals surface area contributed by atoms with Gasteiger partial charge in [0.05, 0.1) is 16.4 Å². The number of fused-ring (bicyclic) bond motifs is 1. The minimum Gasteiger partial charge on any atom is -0.491 e. The molecule has 0 amide bonds. The van der Waals surface area contributed by atoms with Crippen LogP contribution in [-0.2, 0) is 25.1 Å². The van der Waals surface area contributed by atoms with Crippen LogP contribution < -0.4 is 10.1 Å². The van der Waals surface area contributed by atoms with Crippen LogP contribution in [0, 0.1) is 12.3 Å². The molecule has 1 atom stereocenters. The Bertz CT molecular complexity index is 1760. The molecule has 0 aliphatic rings. The Morgan fingerprint density at radius 1 is 0.955 bits per heavy atom. The second-order valence-electron chi connectivity index (χ2n) is 9.63. The van der Waals surface area contributed by atoms with Gasteiger partial charge in [0, 0.05) is 23.2 Å². The SMILES string of the molecule is C/C=C\C=C(/C)CNc1ccc(OCCOS(=O)c2ccc(C)cc2)cc1C(=N)S(=O)(=O)c1cccc2ccccc12.CC. The summed E-state index contributed by atoms with van der Waals surface area (Å²) < 4.78 is 51.3. The summed E-state index contributed by atoms with van der Waals surface area (Å²) >= 11 is -1.63. The van der Waals surface area contributed by atoms with Gasteiger partial charge in [0.25, 0.3) is 0 Å². The average molecular weight is 633 g/mol. The fraction of sp³-hybridized carbons (Fsp3) is 0.229. The maximum absolute atomic E-state index is 13.8. The molecule has 7 nitrogen and oxygen atoms in total. The number of anilines is 1. The minimum absolute atomic E-state index is 0.0521. The zero-order chi connectivity index (χ0) is 32.1. The van der Waals surface area contributed by atoms with Crippen molar-refractivity contribution in [1.82, 2.24) is 0 Å². The molecule has 2 N–H and O–H groups in total. The number of aryl methyl sites for hydroxylation is 1. The van der Waals surface area contributed by atoms with E-state index in [1.165, 1.54) is 12.1 Å². The van der Waals surface area contributed by atoms with Crippen LogP contribution in [0.25, 0.3) is 10.8 Å². The minimum atomic E-state index is -4.18. The van der Waals surface area contributed by atoms with E-state index >= 15 is 0 Å². The molecule has 232 valence electrons. The number of hydrogen-bond donors (Lipinski definition) is 2. The van der Waals surface area contributed by atoms with E-state index in [1.54, 1.807) is 42.5 Å². The molecule has 0 bridgehead atoms. The van der Waals surface area contributed by atoms with Gasteiger partial charge < -0.3 is 10.1 Å². The van der Waals surface area contributed by atoms with Crippen LogP contribution in [0.2, 0.25) is 0 Å². The number of allylic oxidation sites excluding steroid dienone is 3. The van der Waals surface area contributed by atoms with Crippen molar-refractivity contribution >= 4 is 42.4 Å². The van der Waals surface area contributed by atoms with Gasteiger partial charge in [-0.25, -0.2) is 12.6 Å². The first-order valence-corrected chi connectivity index (χ1v) is 17.0. The van der Waals surface area contributed by atoms with Gasteiger partial charge in [0.15, 0.2) is 16.1 Å². The largest absolute Gasteiger partial charge is 0.491 e. The lowest BCUT2D eigenvalue weighted by molar-refractivity contribution is 0.230. The first-order chi connectivity index (χ1) is 21.2. The molecule has 4 aromatic rings. The molecular weight excluding hydrogens is 593 g/mol. The molecular formula is C35H40N2O5S2. The van der Waals surface area contributed by atoms with Gasteiger partial charge in [0.1, 0.15) is 12.4 Å². The number of benzene rings is 4. The summed E-state index contributed by atoms with van der Waals surface area (Å²) in [4.78, 5) is 0.628. The van der Waals surface area contributed by atoms with Crippen molar-refractivity contribution in [2.45, 2.75) is 44.4 Å². The van der Waals surface area contributed by atoms with Gasteiger partial charge >= 0.3 is 0 Å². The van der Waals surface area contributed by atoms with Crippen molar-refractivity contribution in [3.63, 3.8) is 0 Å². The molecule has 4 aromatic carbocycles. The first-order valence-electron chi connectivity index (χ1n) is 14.4. The van der Waals surface area contributed by atoms with Gasteiger partial charge in [-0.15, -0.1) is 0 Å². The van der Waals surface area contributed by atoms with Crippen LogP contribution in [0.5, 0.6) is 5.75 Å². The molecule has 0 aromatic heterocycles. The van der Waals surface area contributed by atoms with Crippen molar-refractivity contribution in [3.8, 4) is 5.75 Å². The van der Waals surface area contributed by atoms with Gasteiger partial charge in [-0.2, -0.15) is 0 Å². The number of hydrogen-bond acceptors (Lipinski definition) is 7. The summed E-state index contributed by atoms with van der Waals surface area (Å²) in [6.45, 7) is 10.4. The van der Waals surface area contributed by atoms with Crippen LogP contribution in [0.1, 0.15) is 38.8 Å². The Morgan fingerprint density at radius 3 is 2.39 bits per heavy atom. The Balaban J connectivity index is 0.00000259. The number of sulfone groups is 1. The Morgan fingerprint density at radius 2 is 1.66 bits per heavy atom. The number of ether oxygens (including phenoxy) is 1. The molecule has 0 fully saturated rings. The van der Waals surface area contributed by atoms with E-state index < -0.39 is 26.0 Å². The van der Waals surface area contributed by atoms with Crippen molar-refractivity contribution in [1.29, 1.82) is 5.41 Å². The number of nitrogens with one attached hydrogen (secondary N) is 2. The zero-order valence-electron chi connectivity index (χ0n) is 25.8. The van der Waals surface area contributed by atoms with Crippen molar-refractivity contribution in [2.24, 2.45) is 0 Å². The average Bonchev–Trinajstić information content (AvgIpc) is 3.05. The van der Waals surface area contributed by atoms with Gasteiger partial charge in [-0.1, -0.05) is 91.7 Å². The van der Waals surface area contributed by atoms with E-state index in [9.17, 15) is 12.6 Å². The van der Waals surface area contributed by atoms with E-state index in [4.69, 9.17) is 14.3 Å². The lowest BCUT2D eigenvalue weighted by Gasteiger charge is -2.16. The first kappa shape index (κ1) is 34.4. The highest BCUT2D eigenvalue weighted by Crippen LogP contribution is 2.30. The highest BCUT2D eigenvalue weighted by atomic mass is 32.2. The highest BCUT2D eigenvalue weighted by Gasteiger charge is 2.27. The monoisotopic (exact) mass is 632 g/mol. The summed E-state index contributed by atoms with van der Waals surface area (Å²) in [5, 5.41) is 12.9. The molecule has 0 saturated carbocycles. The molecule has 0 spiro atoms. The van der Waals surface area contributed by atoms with E-state index in [2.05, 4.69) is 5.32 Å². The number of rotatable bonds is 12. The summed E-state index contributed by atoms with van der Waals surface area (Å²) in [5.74, 6) is 0.360. The standard InChI is InChI=1S/C33H34N2O5S2.C2H6/c1-4-5-9-25(3)23-35-31-19-16-27(39-20-21-40-41(36)28-17-14-24(2)15-18-28)22-30(31)33(34)42(37,38)32-13-8-11-26-10-6-7-12-29(26)32;1-2/h4-19,22,34-35H,20-21,23H2,1-3H3;1-2H3/b5-4-,25-9+,34-33?;. The predicted octanol–water partition coefficient (Wildman–Crippen LogP) is 8.03. The molecule has 0 aliphatic carbocycles. The Kier molecular flexibility index (Phi) is 13.1. The molecule has 1 unspecified atom stereocenters. The molecule has 0 heterocycles. The van der Waals surface area contributed by atoms with E-state index in [-0.39, 0.29) is 23.7 Å². The highest BCUT2D eigenvalue weighted by molar-refractivity contribution is 8.07. The smallest absolute Gasteiger partial charge is 0.224 e. The van der Waals surface area contributed by atoms with E-state index in [1.807, 2.05) is 83.2 Å². The van der Waals surface area contributed by atoms with Crippen LogP contribution in [0.3, 0.4) is 0 Å². The molecule has 0 radical (unpaired) electrons. The lowest BCUT2D eigenvalue weighted by Crippen LogP contribution is -2.18. The maximum Gasteiger partial charge on any atom is 0.224 e. The van der Waals surface area contributed by atoms with E-state index in [0.29, 0.717) is 28.3 Å². The second kappa shape index (κ2) is 16.7. The summed E-state index contributed by atoms with van der Waals surface area (Å²) in [6, 6.07) is 24.4. The van der Waals surface area contributed by atoms with Crippen LogP contribution in [-0.4, -0.2) is 37.4 Å². The summed E-state index contributed by atoms with van der Waals surface area (Å²) in [5.41, 5.74) is 2.76. The maximum atomic E-state index is 13.8. The van der Waals surface area contributed by atoms with Crippen LogP contribution in [0.4, 0.5) is 5.69 Å². The van der Waals surface area contributed by atoms with Crippen LogP contribution in [0.15, 0.2) is 119 Å². The topological polar surface area (TPSA) is 106 Å². The summed E-state index contributed by atoms with van der Waals surface area (Å²) in [7, 11) is -4.18. The Labute approximate surface area is 263 Å². The molecule has 9 heteroatoms. The molecule has 44 heavy (non-hydrogen) atoms. The Hall–Kier alpha value is -4.05. The van der Waals surface area contributed by atoms with Gasteiger partial charge in [0.2, 0.25) is 9.84 Å². The summed E-state index contributed by atoms with van der Waals surface area (Å²) in [6.07, 6.45) is 5.81. The molecule has 0 aliphatic heterocycles. The van der Waals surface area contributed by atoms with Crippen LogP contribution >= 0.6 is 0 Å². The molecule has 0 saturated heterocycles. The van der Waals surface area contributed by atoms with Crippen molar-refractivity contribution in [2.75, 3.05) is 25.1 Å². The third-order valence-corrected chi connectivity index (χ3v) is 9.16. The quantitative estimate of drug-likeness (QED) is 0.0709. The van der Waals surface area contributed by atoms with Gasteiger partial charge in [-0.3, -0.25) is 9.59 Å². The van der Waals surface area contributed by atoms with E-state index in [0.717, 1.165) is 16.5 Å². The fourth-order valence-corrected chi connectivity index (χ4v) is 6.31. The second-order valence-corrected chi connectivity index (χ2v) is 12.7. The predicted molar refractivity (Wildman–Crippen MR) is 182 cm³/mol. The third-order valence-electron chi connectivity index (χ3n) is 6.43. The van der Waals surface area contributed by atoms with Gasteiger partial charge in [-0.05, 0) is 62.6 Å². The lowest BCUT2D eigenvalue weighted by atomic mass is 10.1. The normalized spacial score (nSPS) is 12.4. The third kappa shape index (κ3) is 8.98. The van der Waals surface area contributed by atoms with Crippen molar-refractivity contribution < 1.29 is 21.5 Å².